The van der Waals surface area contributed by atoms with E-state index >= 15 is 0 Å². The van der Waals surface area contributed by atoms with Gasteiger partial charge in [0, 0.05) is 11.1 Å². The van der Waals surface area contributed by atoms with Crippen LogP contribution in [0.1, 0.15) is 37.1 Å². The minimum absolute atomic E-state index is 0.253. The number of alkyl halides is 2. The minimum atomic E-state index is -2.86. The van der Waals surface area contributed by atoms with Crippen molar-refractivity contribution in [2.24, 2.45) is 0 Å². The Morgan fingerprint density at radius 2 is 2.07 bits per heavy atom. The summed E-state index contributed by atoms with van der Waals surface area (Å²) < 4.78 is 49.9. The molecule has 0 radical (unpaired) electrons. The van der Waals surface area contributed by atoms with Gasteiger partial charge in [-0.3, -0.25) is 0 Å². The highest BCUT2D eigenvalue weighted by molar-refractivity contribution is 5.74. The number of hydrogen-bond acceptors (Lipinski definition) is 3. The Balaban J connectivity index is 2.07. The van der Waals surface area contributed by atoms with Gasteiger partial charge in [0.25, 0.3) is 0 Å². The van der Waals surface area contributed by atoms with E-state index in [4.69, 9.17) is 4.74 Å². The second-order valence-corrected chi connectivity index (χ2v) is 7.23. The summed E-state index contributed by atoms with van der Waals surface area (Å²) in [4.78, 5) is 4.48. The number of ether oxygens (including phenoxy) is 2. The zero-order valence-corrected chi connectivity index (χ0v) is 15.6. The normalized spacial score (nSPS) is 18.9. The lowest BCUT2D eigenvalue weighted by atomic mass is 9.89. The van der Waals surface area contributed by atoms with E-state index < -0.39 is 12.2 Å². The minimum Gasteiger partial charge on any atom is -0.469 e. The number of fused-ring (bicyclic) bond motifs is 1. The van der Waals surface area contributed by atoms with E-state index in [1.54, 1.807) is 26.0 Å². The van der Waals surface area contributed by atoms with Crippen LogP contribution in [0.15, 0.2) is 30.8 Å². The Labute approximate surface area is 156 Å². The molecule has 3 rings (SSSR count). The van der Waals surface area contributed by atoms with Crippen LogP contribution >= 0.6 is 0 Å². The molecule has 1 aromatic carbocycles. The third-order valence-corrected chi connectivity index (χ3v) is 4.70. The van der Waals surface area contributed by atoms with Crippen LogP contribution in [-0.2, 0) is 11.2 Å². The number of aryl methyl sites for hydroxylation is 1. The average molecular weight is 377 g/mol. The molecular formula is C21H22F3NO2. The fraction of sp³-hybridized carbons (Fsp3) is 0.381. The SMILES string of the molecule is C=C(C)c1cc(-c2ccc(C)cc2F)c2c(n1)O[C@@](C)(COC(F)F)CC2. The summed E-state index contributed by atoms with van der Waals surface area (Å²) in [6.07, 6.45) is 0.978. The maximum atomic E-state index is 14.6. The standard InChI is InChI=1S/C21H22F3NO2/c1-12(2)18-10-16(14-6-5-13(3)9-17(14)22)15-7-8-21(4,11-26-20(23)24)27-19(15)25-18/h5-6,9-10,20H,1,7-8,11H2,2-4H3/t21-/m1/s1. The quantitative estimate of drug-likeness (QED) is 0.684. The second kappa shape index (κ2) is 7.35. The summed E-state index contributed by atoms with van der Waals surface area (Å²) in [6, 6.07) is 6.86. The summed E-state index contributed by atoms with van der Waals surface area (Å²) in [7, 11) is 0. The monoisotopic (exact) mass is 377 g/mol. The first-order valence-corrected chi connectivity index (χ1v) is 8.73. The molecule has 3 nitrogen and oxygen atoms in total. The molecule has 0 aliphatic carbocycles. The molecule has 27 heavy (non-hydrogen) atoms. The molecule has 0 N–H and O–H groups in total. The van der Waals surface area contributed by atoms with Crippen LogP contribution in [0.5, 0.6) is 5.88 Å². The summed E-state index contributed by atoms with van der Waals surface area (Å²) >= 11 is 0. The topological polar surface area (TPSA) is 31.4 Å². The van der Waals surface area contributed by atoms with Gasteiger partial charge in [0.05, 0.1) is 12.3 Å². The maximum absolute atomic E-state index is 14.6. The molecule has 144 valence electrons. The number of hydrogen-bond donors (Lipinski definition) is 0. The van der Waals surface area contributed by atoms with Crippen LogP contribution in [0.25, 0.3) is 16.7 Å². The van der Waals surface area contributed by atoms with Crippen LogP contribution in [-0.4, -0.2) is 23.8 Å². The largest absolute Gasteiger partial charge is 0.469 e. The fourth-order valence-electron chi connectivity index (χ4n) is 3.19. The van der Waals surface area contributed by atoms with Crippen molar-refractivity contribution >= 4 is 5.57 Å². The molecule has 0 spiro atoms. The maximum Gasteiger partial charge on any atom is 0.345 e. The molecule has 2 aromatic rings. The lowest BCUT2D eigenvalue weighted by molar-refractivity contribution is -0.164. The molecule has 0 unspecified atom stereocenters. The summed E-state index contributed by atoms with van der Waals surface area (Å²) in [5.41, 5.74) is 3.08. The molecular weight excluding hydrogens is 355 g/mol. The van der Waals surface area contributed by atoms with E-state index in [0.717, 1.165) is 11.1 Å². The molecule has 0 amide bonds. The van der Waals surface area contributed by atoms with E-state index in [-0.39, 0.29) is 12.4 Å². The first-order chi connectivity index (χ1) is 12.7. The van der Waals surface area contributed by atoms with Gasteiger partial charge in [-0.25, -0.2) is 9.37 Å². The molecule has 0 bridgehead atoms. The summed E-state index contributed by atoms with van der Waals surface area (Å²) in [5, 5.41) is 0. The van der Waals surface area contributed by atoms with E-state index in [1.165, 1.54) is 6.07 Å². The van der Waals surface area contributed by atoms with Crippen molar-refractivity contribution in [3.63, 3.8) is 0 Å². The van der Waals surface area contributed by atoms with Crippen LogP contribution in [0.3, 0.4) is 0 Å². The molecule has 1 aliphatic rings. The van der Waals surface area contributed by atoms with Crippen molar-refractivity contribution in [2.45, 2.75) is 45.8 Å². The van der Waals surface area contributed by atoms with Gasteiger partial charge in [-0.05, 0) is 62.4 Å². The highest BCUT2D eigenvalue weighted by Gasteiger charge is 2.35. The zero-order chi connectivity index (χ0) is 19.8. The third kappa shape index (κ3) is 4.16. The van der Waals surface area contributed by atoms with Gasteiger partial charge in [0.2, 0.25) is 5.88 Å². The van der Waals surface area contributed by atoms with E-state index in [1.807, 2.05) is 13.0 Å². The average Bonchev–Trinajstić information content (AvgIpc) is 2.59. The van der Waals surface area contributed by atoms with Gasteiger partial charge in [-0.15, -0.1) is 0 Å². The molecule has 0 saturated carbocycles. The summed E-state index contributed by atoms with van der Waals surface area (Å²) in [6.45, 7) is 6.12. The van der Waals surface area contributed by atoms with Gasteiger partial charge >= 0.3 is 6.61 Å². The van der Waals surface area contributed by atoms with Gasteiger partial charge in [-0.1, -0.05) is 18.7 Å². The first-order valence-electron chi connectivity index (χ1n) is 8.73. The van der Waals surface area contributed by atoms with Crippen molar-refractivity contribution < 1.29 is 22.6 Å². The van der Waals surface area contributed by atoms with Gasteiger partial charge in [0.1, 0.15) is 11.4 Å². The van der Waals surface area contributed by atoms with Crippen LogP contribution in [0, 0.1) is 12.7 Å². The van der Waals surface area contributed by atoms with Crippen molar-refractivity contribution in [3.05, 3.63) is 53.5 Å². The number of pyridine rings is 1. The van der Waals surface area contributed by atoms with Gasteiger partial charge in [-0.2, -0.15) is 8.78 Å². The molecule has 6 heteroatoms. The predicted octanol–water partition coefficient (Wildman–Crippen LogP) is 5.55. The Morgan fingerprint density at radius 3 is 2.70 bits per heavy atom. The molecule has 1 atom stereocenters. The molecule has 2 heterocycles. The van der Waals surface area contributed by atoms with Crippen molar-refractivity contribution in [1.29, 1.82) is 0 Å². The van der Waals surface area contributed by atoms with Crippen LogP contribution < -0.4 is 4.74 Å². The highest BCUT2D eigenvalue weighted by Crippen LogP contribution is 2.40. The number of nitrogens with zero attached hydrogens (tertiary/aromatic N) is 1. The third-order valence-electron chi connectivity index (χ3n) is 4.70. The molecule has 0 saturated heterocycles. The van der Waals surface area contributed by atoms with Crippen LogP contribution in [0.2, 0.25) is 0 Å². The number of halogens is 3. The molecule has 0 fully saturated rings. The number of aromatic nitrogens is 1. The van der Waals surface area contributed by atoms with Gasteiger partial charge < -0.3 is 9.47 Å². The van der Waals surface area contributed by atoms with Crippen molar-refractivity contribution in [3.8, 4) is 17.0 Å². The predicted molar refractivity (Wildman–Crippen MR) is 98.4 cm³/mol. The smallest absolute Gasteiger partial charge is 0.345 e. The highest BCUT2D eigenvalue weighted by atomic mass is 19.3. The Morgan fingerprint density at radius 1 is 1.33 bits per heavy atom. The first kappa shape index (κ1) is 19.4. The van der Waals surface area contributed by atoms with Gasteiger partial charge in [0.15, 0.2) is 0 Å². The zero-order valence-electron chi connectivity index (χ0n) is 15.6. The number of rotatable bonds is 5. The van der Waals surface area contributed by atoms with Crippen molar-refractivity contribution in [1.82, 2.24) is 4.98 Å². The number of allylic oxidation sites excluding steroid dienone is 1. The molecule has 1 aliphatic heterocycles. The number of benzene rings is 1. The van der Waals surface area contributed by atoms with E-state index in [0.29, 0.717) is 41.1 Å². The summed E-state index contributed by atoms with van der Waals surface area (Å²) in [5.74, 6) is -0.0116. The Bertz CT molecular complexity index is 882. The Kier molecular flexibility index (Phi) is 5.29. The molecule has 1 aromatic heterocycles. The lowest BCUT2D eigenvalue weighted by Gasteiger charge is -2.35. The lowest BCUT2D eigenvalue weighted by Crippen LogP contribution is -2.42. The fourth-order valence-corrected chi connectivity index (χ4v) is 3.19. The van der Waals surface area contributed by atoms with E-state index in [9.17, 15) is 13.2 Å². The second-order valence-electron chi connectivity index (χ2n) is 7.23. The van der Waals surface area contributed by atoms with Crippen molar-refractivity contribution in [2.75, 3.05) is 6.61 Å². The van der Waals surface area contributed by atoms with Crippen LogP contribution in [0.4, 0.5) is 13.2 Å². The Hall–Kier alpha value is -2.34. The van der Waals surface area contributed by atoms with E-state index in [2.05, 4.69) is 16.3 Å².